The van der Waals surface area contributed by atoms with Crippen molar-refractivity contribution < 1.29 is 4.74 Å². The average molecular weight is 153 g/mol. The standard InChI is InChI=1S/C7H11N3O/c1-5-8-7(10-9-5)6-2-3-11-4-6/h6H,2-4H2,1H3,(H,8,9,10). The van der Waals surface area contributed by atoms with Crippen molar-refractivity contribution in [3.05, 3.63) is 11.6 Å². The molecule has 0 spiro atoms. The molecule has 1 saturated heterocycles. The van der Waals surface area contributed by atoms with E-state index in [1.807, 2.05) is 6.92 Å². The lowest BCUT2D eigenvalue weighted by atomic mass is 10.1. The molecule has 11 heavy (non-hydrogen) atoms. The third-order valence-corrected chi connectivity index (χ3v) is 1.91. The number of aryl methyl sites for hydroxylation is 1. The number of aromatic amines is 1. The second kappa shape index (κ2) is 2.62. The smallest absolute Gasteiger partial charge is 0.156 e. The van der Waals surface area contributed by atoms with Crippen molar-refractivity contribution in [2.45, 2.75) is 19.3 Å². The van der Waals surface area contributed by atoms with Gasteiger partial charge in [-0.3, -0.25) is 5.10 Å². The highest BCUT2D eigenvalue weighted by Gasteiger charge is 2.20. The Bertz CT molecular complexity index is 240. The molecule has 2 rings (SSSR count). The van der Waals surface area contributed by atoms with E-state index < -0.39 is 0 Å². The fourth-order valence-electron chi connectivity index (χ4n) is 1.28. The van der Waals surface area contributed by atoms with Gasteiger partial charge in [0.15, 0.2) is 5.82 Å². The van der Waals surface area contributed by atoms with Crippen LogP contribution < -0.4 is 0 Å². The molecule has 1 N–H and O–H groups in total. The molecule has 1 unspecified atom stereocenters. The Morgan fingerprint density at radius 2 is 2.55 bits per heavy atom. The van der Waals surface area contributed by atoms with E-state index in [1.165, 1.54) is 0 Å². The van der Waals surface area contributed by atoms with Crippen LogP contribution in [0, 0.1) is 6.92 Å². The predicted molar refractivity (Wildman–Crippen MR) is 39.3 cm³/mol. The van der Waals surface area contributed by atoms with Gasteiger partial charge in [0, 0.05) is 12.5 Å². The summed E-state index contributed by atoms with van der Waals surface area (Å²) >= 11 is 0. The second-order valence-corrected chi connectivity index (χ2v) is 2.84. The maximum absolute atomic E-state index is 5.23. The SMILES string of the molecule is Cc1nc(C2CCOC2)n[nH]1. The Morgan fingerprint density at radius 1 is 1.64 bits per heavy atom. The largest absolute Gasteiger partial charge is 0.381 e. The van der Waals surface area contributed by atoms with Crippen molar-refractivity contribution in [2.75, 3.05) is 13.2 Å². The molecule has 0 aromatic carbocycles. The van der Waals surface area contributed by atoms with E-state index in [4.69, 9.17) is 4.74 Å². The van der Waals surface area contributed by atoms with Crippen LogP contribution in [-0.4, -0.2) is 28.4 Å². The van der Waals surface area contributed by atoms with Crippen molar-refractivity contribution >= 4 is 0 Å². The molecule has 1 atom stereocenters. The Hall–Kier alpha value is -0.900. The zero-order valence-corrected chi connectivity index (χ0v) is 6.50. The van der Waals surface area contributed by atoms with Gasteiger partial charge in [0.05, 0.1) is 6.61 Å². The minimum Gasteiger partial charge on any atom is -0.381 e. The molecule has 0 amide bonds. The summed E-state index contributed by atoms with van der Waals surface area (Å²) in [6, 6.07) is 0. The van der Waals surface area contributed by atoms with E-state index in [2.05, 4.69) is 15.2 Å². The van der Waals surface area contributed by atoms with Crippen LogP contribution in [-0.2, 0) is 4.74 Å². The lowest BCUT2D eigenvalue weighted by molar-refractivity contribution is 0.193. The number of hydrogen-bond donors (Lipinski definition) is 1. The maximum atomic E-state index is 5.23. The molecular formula is C7H11N3O. The molecule has 0 bridgehead atoms. The normalized spacial score (nSPS) is 24.3. The Balaban J connectivity index is 2.15. The van der Waals surface area contributed by atoms with Crippen molar-refractivity contribution in [2.24, 2.45) is 0 Å². The fraction of sp³-hybridized carbons (Fsp3) is 0.714. The molecule has 1 aliphatic heterocycles. The van der Waals surface area contributed by atoms with Crippen molar-refractivity contribution in [1.82, 2.24) is 15.2 Å². The van der Waals surface area contributed by atoms with E-state index in [1.54, 1.807) is 0 Å². The third-order valence-electron chi connectivity index (χ3n) is 1.91. The molecule has 60 valence electrons. The highest BCUT2D eigenvalue weighted by Crippen LogP contribution is 2.21. The number of rotatable bonds is 1. The summed E-state index contributed by atoms with van der Waals surface area (Å²) in [7, 11) is 0. The summed E-state index contributed by atoms with van der Waals surface area (Å²) in [5, 5.41) is 6.91. The lowest BCUT2D eigenvalue weighted by Crippen LogP contribution is -1.99. The van der Waals surface area contributed by atoms with E-state index in [0.717, 1.165) is 31.3 Å². The van der Waals surface area contributed by atoms with E-state index in [0.29, 0.717) is 5.92 Å². The Labute approximate surface area is 65.0 Å². The summed E-state index contributed by atoms with van der Waals surface area (Å²) in [5.74, 6) is 2.20. The van der Waals surface area contributed by atoms with Crippen LogP contribution in [0.3, 0.4) is 0 Å². The Kier molecular flexibility index (Phi) is 1.62. The number of ether oxygens (including phenoxy) is 1. The predicted octanol–water partition coefficient (Wildman–Crippen LogP) is 0.617. The highest BCUT2D eigenvalue weighted by molar-refractivity contribution is 4.98. The molecule has 0 radical (unpaired) electrons. The monoisotopic (exact) mass is 153 g/mol. The highest BCUT2D eigenvalue weighted by atomic mass is 16.5. The molecule has 0 aliphatic carbocycles. The van der Waals surface area contributed by atoms with E-state index >= 15 is 0 Å². The second-order valence-electron chi connectivity index (χ2n) is 2.84. The van der Waals surface area contributed by atoms with Crippen molar-refractivity contribution in [3.63, 3.8) is 0 Å². The van der Waals surface area contributed by atoms with Crippen LogP contribution >= 0.6 is 0 Å². The van der Waals surface area contributed by atoms with Gasteiger partial charge < -0.3 is 4.74 Å². The first-order valence-electron chi connectivity index (χ1n) is 3.83. The lowest BCUT2D eigenvalue weighted by Gasteiger charge is -1.98. The van der Waals surface area contributed by atoms with Crippen LogP contribution in [0.1, 0.15) is 24.0 Å². The van der Waals surface area contributed by atoms with Crippen LogP contribution in [0.15, 0.2) is 0 Å². The molecule has 0 saturated carbocycles. The van der Waals surface area contributed by atoms with Crippen LogP contribution in [0.2, 0.25) is 0 Å². The molecule has 1 aromatic rings. The van der Waals surface area contributed by atoms with Gasteiger partial charge in [0.2, 0.25) is 0 Å². The summed E-state index contributed by atoms with van der Waals surface area (Å²) < 4.78 is 5.23. The van der Waals surface area contributed by atoms with Gasteiger partial charge >= 0.3 is 0 Å². The van der Waals surface area contributed by atoms with Gasteiger partial charge in [-0.1, -0.05) is 0 Å². The molecule has 4 heteroatoms. The zero-order valence-electron chi connectivity index (χ0n) is 6.50. The topological polar surface area (TPSA) is 50.8 Å². The Morgan fingerprint density at radius 3 is 3.09 bits per heavy atom. The molecule has 1 aromatic heterocycles. The molecular weight excluding hydrogens is 142 g/mol. The summed E-state index contributed by atoms with van der Waals surface area (Å²) in [5.41, 5.74) is 0. The van der Waals surface area contributed by atoms with Gasteiger partial charge in [-0.05, 0) is 13.3 Å². The summed E-state index contributed by atoms with van der Waals surface area (Å²) in [4.78, 5) is 4.25. The summed E-state index contributed by atoms with van der Waals surface area (Å²) in [6.07, 6.45) is 1.05. The number of H-pyrrole nitrogens is 1. The van der Waals surface area contributed by atoms with E-state index in [9.17, 15) is 0 Å². The van der Waals surface area contributed by atoms with Crippen LogP contribution in [0.5, 0.6) is 0 Å². The van der Waals surface area contributed by atoms with Gasteiger partial charge in [-0.2, -0.15) is 5.10 Å². The van der Waals surface area contributed by atoms with Gasteiger partial charge in [0.1, 0.15) is 5.82 Å². The van der Waals surface area contributed by atoms with Crippen molar-refractivity contribution in [3.8, 4) is 0 Å². The first-order chi connectivity index (χ1) is 5.36. The maximum Gasteiger partial charge on any atom is 0.156 e. The number of nitrogens with zero attached hydrogens (tertiary/aromatic N) is 2. The molecule has 1 aliphatic rings. The van der Waals surface area contributed by atoms with Gasteiger partial charge in [-0.15, -0.1) is 0 Å². The molecule has 1 fully saturated rings. The minimum atomic E-state index is 0.417. The number of aromatic nitrogens is 3. The fourth-order valence-corrected chi connectivity index (χ4v) is 1.28. The van der Waals surface area contributed by atoms with E-state index in [-0.39, 0.29) is 0 Å². The molecule has 4 nitrogen and oxygen atoms in total. The van der Waals surface area contributed by atoms with Crippen LogP contribution in [0.25, 0.3) is 0 Å². The zero-order chi connectivity index (χ0) is 7.68. The van der Waals surface area contributed by atoms with Gasteiger partial charge in [0.25, 0.3) is 0 Å². The number of hydrogen-bond acceptors (Lipinski definition) is 3. The average Bonchev–Trinajstić information content (AvgIpc) is 2.55. The third kappa shape index (κ3) is 1.26. The minimum absolute atomic E-state index is 0.417. The first kappa shape index (κ1) is 6.79. The van der Waals surface area contributed by atoms with Crippen LogP contribution in [0.4, 0.5) is 0 Å². The van der Waals surface area contributed by atoms with Crippen molar-refractivity contribution in [1.29, 1.82) is 0 Å². The summed E-state index contributed by atoms with van der Waals surface area (Å²) in [6.45, 7) is 3.53. The molecule has 2 heterocycles. The number of nitrogens with one attached hydrogen (secondary N) is 1. The first-order valence-corrected chi connectivity index (χ1v) is 3.83. The quantitative estimate of drug-likeness (QED) is 0.643. The van der Waals surface area contributed by atoms with Gasteiger partial charge in [-0.25, -0.2) is 4.98 Å².